The van der Waals surface area contributed by atoms with Crippen molar-refractivity contribution in [3.8, 4) is 0 Å². The predicted molar refractivity (Wildman–Crippen MR) is 103 cm³/mol. The number of rotatable bonds is 6. The average Bonchev–Trinajstić information content (AvgIpc) is 3.06. The molecule has 7 nitrogen and oxygen atoms in total. The number of carbonyl (C=O) groups is 3. The van der Waals surface area contributed by atoms with Crippen LogP contribution in [-0.4, -0.2) is 29.6 Å². The van der Waals surface area contributed by atoms with E-state index in [4.69, 9.17) is 5.11 Å². The van der Waals surface area contributed by atoms with Crippen LogP contribution in [0, 0.1) is 0 Å². The summed E-state index contributed by atoms with van der Waals surface area (Å²) in [5.74, 6) is -0.766. The van der Waals surface area contributed by atoms with Crippen LogP contribution in [0.3, 0.4) is 0 Å². The first-order chi connectivity index (χ1) is 13.0. The summed E-state index contributed by atoms with van der Waals surface area (Å²) in [6.07, 6.45) is 1.83. The summed E-state index contributed by atoms with van der Waals surface area (Å²) in [6, 6.07) is 13.8. The van der Waals surface area contributed by atoms with Crippen LogP contribution >= 0.6 is 0 Å². The predicted octanol–water partition coefficient (Wildman–Crippen LogP) is 3.47. The molecular formula is C20H21N3O4. The number of hydrogen-bond donors (Lipinski definition) is 3. The first-order valence-electron chi connectivity index (χ1n) is 8.80. The van der Waals surface area contributed by atoms with Gasteiger partial charge in [0.2, 0.25) is 5.91 Å². The Labute approximate surface area is 157 Å². The van der Waals surface area contributed by atoms with E-state index in [2.05, 4.69) is 10.6 Å². The molecule has 1 heterocycles. The lowest BCUT2D eigenvalue weighted by Gasteiger charge is -2.17. The van der Waals surface area contributed by atoms with E-state index in [1.54, 1.807) is 41.3 Å². The largest absolute Gasteiger partial charge is 0.481 e. The number of urea groups is 1. The van der Waals surface area contributed by atoms with E-state index in [1.807, 2.05) is 12.1 Å². The molecule has 27 heavy (non-hydrogen) atoms. The van der Waals surface area contributed by atoms with Gasteiger partial charge in [0.15, 0.2) is 0 Å². The van der Waals surface area contributed by atoms with Gasteiger partial charge in [-0.1, -0.05) is 18.2 Å². The molecule has 0 aliphatic carbocycles. The number of aryl methyl sites for hydroxylation is 1. The summed E-state index contributed by atoms with van der Waals surface area (Å²) in [5, 5.41) is 14.3. The molecular weight excluding hydrogens is 346 g/mol. The lowest BCUT2D eigenvalue weighted by molar-refractivity contribution is -0.137. The van der Waals surface area contributed by atoms with Crippen LogP contribution in [0.1, 0.15) is 24.8 Å². The van der Waals surface area contributed by atoms with Gasteiger partial charge in [-0.2, -0.15) is 0 Å². The van der Waals surface area contributed by atoms with Crippen LogP contribution in [0.25, 0.3) is 0 Å². The molecule has 140 valence electrons. The highest BCUT2D eigenvalue weighted by atomic mass is 16.4. The SMILES string of the molecule is O=C(O)CCc1cccc(NC(=O)Nc2cccc(N3CCCC3=O)c2)c1. The second kappa shape index (κ2) is 8.35. The van der Waals surface area contributed by atoms with Gasteiger partial charge >= 0.3 is 12.0 Å². The molecule has 0 radical (unpaired) electrons. The molecule has 0 spiro atoms. The number of carbonyl (C=O) groups excluding carboxylic acids is 2. The normalized spacial score (nSPS) is 13.5. The first-order valence-corrected chi connectivity index (χ1v) is 8.80. The van der Waals surface area contributed by atoms with Crippen molar-refractivity contribution in [2.75, 3.05) is 22.1 Å². The molecule has 7 heteroatoms. The fourth-order valence-corrected chi connectivity index (χ4v) is 3.02. The molecule has 0 bridgehead atoms. The van der Waals surface area contributed by atoms with E-state index < -0.39 is 12.0 Å². The summed E-state index contributed by atoms with van der Waals surface area (Å²) in [5.41, 5.74) is 2.78. The van der Waals surface area contributed by atoms with Crippen molar-refractivity contribution in [1.82, 2.24) is 0 Å². The minimum Gasteiger partial charge on any atom is -0.481 e. The number of nitrogens with zero attached hydrogens (tertiary/aromatic N) is 1. The van der Waals surface area contributed by atoms with E-state index in [1.165, 1.54) is 0 Å². The fraction of sp³-hybridized carbons (Fsp3) is 0.250. The Kier molecular flexibility index (Phi) is 5.71. The summed E-state index contributed by atoms with van der Waals surface area (Å²) in [7, 11) is 0. The average molecular weight is 367 g/mol. The number of hydrogen-bond acceptors (Lipinski definition) is 3. The van der Waals surface area contributed by atoms with Gasteiger partial charge in [-0.05, 0) is 48.7 Å². The van der Waals surface area contributed by atoms with Crippen molar-refractivity contribution in [3.63, 3.8) is 0 Å². The van der Waals surface area contributed by atoms with Crippen LogP contribution in [0.4, 0.5) is 21.9 Å². The maximum Gasteiger partial charge on any atom is 0.323 e. The highest BCUT2D eigenvalue weighted by Gasteiger charge is 2.21. The minimum absolute atomic E-state index is 0.0393. The molecule has 2 aromatic rings. The monoisotopic (exact) mass is 367 g/mol. The summed E-state index contributed by atoms with van der Waals surface area (Å²) < 4.78 is 0. The highest BCUT2D eigenvalue weighted by molar-refractivity contribution is 6.01. The number of carboxylic acid groups (broad SMARTS) is 1. The number of carboxylic acids is 1. The van der Waals surface area contributed by atoms with E-state index in [9.17, 15) is 14.4 Å². The van der Waals surface area contributed by atoms with Crippen molar-refractivity contribution in [3.05, 3.63) is 54.1 Å². The Bertz CT molecular complexity index is 866. The minimum atomic E-state index is -0.859. The number of benzene rings is 2. The van der Waals surface area contributed by atoms with Gasteiger partial charge in [-0.15, -0.1) is 0 Å². The van der Waals surface area contributed by atoms with Crippen LogP contribution in [0.5, 0.6) is 0 Å². The molecule has 3 amide bonds. The van der Waals surface area contributed by atoms with E-state index in [0.717, 1.165) is 17.7 Å². The smallest absolute Gasteiger partial charge is 0.323 e. The summed E-state index contributed by atoms with van der Waals surface area (Å²) in [4.78, 5) is 36.5. The fourth-order valence-electron chi connectivity index (χ4n) is 3.02. The maximum atomic E-state index is 12.3. The molecule has 0 atom stereocenters. The quantitative estimate of drug-likeness (QED) is 0.728. The Balaban J connectivity index is 1.62. The zero-order valence-corrected chi connectivity index (χ0v) is 14.8. The van der Waals surface area contributed by atoms with Crippen LogP contribution in [-0.2, 0) is 16.0 Å². The zero-order chi connectivity index (χ0) is 19.2. The van der Waals surface area contributed by atoms with Gasteiger partial charge in [0.1, 0.15) is 0 Å². The second-order valence-corrected chi connectivity index (χ2v) is 6.37. The standard InChI is InChI=1S/C20H21N3O4/c24-18-8-3-11-23(18)17-7-2-6-16(13-17)22-20(27)21-15-5-1-4-14(12-15)9-10-19(25)26/h1-2,4-7,12-13H,3,8-11H2,(H,25,26)(H2,21,22,27). The lowest BCUT2D eigenvalue weighted by Crippen LogP contribution is -2.24. The molecule has 1 aliphatic rings. The van der Waals surface area contributed by atoms with Gasteiger partial charge in [-0.3, -0.25) is 9.59 Å². The van der Waals surface area contributed by atoms with E-state index in [0.29, 0.717) is 30.8 Å². The summed E-state index contributed by atoms with van der Waals surface area (Å²) in [6.45, 7) is 0.692. The van der Waals surface area contributed by atoms with Crippen molar-refractivity contribution in [2.45, 2.75) is 25.7 Å². The van der Waals surface area contributed by atoms with Crippen molar-refractivity contribution >= 4 is 35.0 Å². The molecule has 1 saturated heterocycles. The van der Waals surface area contributed by atoms with Gasteiger partial charge in [0.25, 0.3) is 0 Å². The van der Waals surface area contributed by atoms with Crippen LogP contribution in [0.15, 0.2) is 48.5 Å². The highest BCUT2D eigenvalue weighted by Crippen LogP contribution is 2.24. The Morgan fingerprint density at radius 1 is 1.04 bits per heavy atom. The second-order valence-electron chi connectivity index (χ2n) is 6.37. The summed E-state index contributed by atoms with van der Waals surface area (Å²) >= 11 is 0. The van der Waals surface area contributed by atoms with Gasteiger partial charge in [-0.25, -0.2) is 4.79 Å². The molecule has 3 N–H and O–H groups in total. The topological polar surface area (TPSA) is 98.7 Å². The maximum absolute atomic E-state index is 12.3. The number of nitrogens with one attached hydrogen (secondary N) is 2. The molecule has 1 fully saturated rings. The third-order valence-corrected chi connectivity index (χ3v) is 4.30. The third-order valence-electron chi connectivity index (χ3n) is 4.30. The van der Waals surface area contributed by atoms with Crippen molar-refractivity contribution < 1.29 is 19.5 Å². The number of aliphatic carboxylic acids is 1. The number of amides is 3. The van der Waals surface area contributed by atoms with Gasteiger partial charge in [0.05, 0.1) is 0 Å². The molecule has 1 aliphatic heterocycles. The van der Waals surface area contributed by atoms with Gasteiger partial charge in [0, 0.05) is 36.4 Å². The molecule has 3 rings (SSSR count). The third kappa shape index (κ3) is 5.07. The molecule has 0 aromatic heterocycles. The molecule has 2 aromatic carbocycles. The van der Waals surface area contributed by atoms with Gasteiger partial charge < -0.3 is 20.6 Å². The number of anilines is 3. The Hall–Kier alpha value is -3.35. The van der Waals surface area contributed by atoms with Crippen LogP contribution < -0.4 is 15.5 Å². The first kappa shape index (κ1) is 18.4. The van der Waals surface area contributed by atoms with E-state index >= 15 is 0 Å². The zero-order valence-electron chi connectivity index (χ0n) is 14.8. The van der Waals surface area contributed by atoms with Crippen molar-refractivity contribution in [1.29, 1.82) is 0 Å². The molecule has 0 unspecified atom stereocenters. The van der Waals surface area contributed by atoms with Crippen molar-refractivity contribution in [2.24, 2.45) is 0 Å². The Morgan fingerprint density at radius 3 is 2.41 bits per heavy atom. The molecule has 0 saturated carbocycles. The Morgan fingerprint density at radius 2 is 1.74 bits per heavy atom. The van der Waals surface area contributed by atoms with E-state index in [-0.39, 0.29) is 12.3 Å². The van der Waals surface area contributed by atoms with Crippen LogP contribution in [0.2, 0.25) is 0 Å². The lowest BCUT2D eigenvalue weighted by atomic mass is 10.1.